The molecule has 1 unspecified atom stereocenters. The van der Waals surface area contributed by atoms with Crippen LogP contribution in [0.3, 0.4) is 0 Å². The van der Waals surface area contributed by atoms with Crippen molar-refractivity contribution in [2.45, 2.75) is 31.9 Å². The molecule has 0 aromatic carbocycles. The summed E-state index contributed by atoms with van der Waals surface area (Å²) in [5.74, 6) is 0.746. The second-order valence-electron chi connectivity index (χ2n) is 8.13. The molecule has 0 radical (unpaired) electrons. The topological polar surface area (TPSA) is 55.3 Å². The van der Waals surface area contributed by atoms with E-state index in [9.17, 15) is 18.0 Å². The third-order valence-corrected chi connectivity index (χ3v) is 6.12. The van der Waals surface area contributed by atoms with Crippen molar-refractivity contribution < 1.29 is 22.7 Å². The van der Waals surface area contributed by atoms with Crippen LogP contribution < -0.4 is 9.64 Å². The Morgan fingerprint density at radius 3 is 2.52 bits per heavy atom. The van der Waals surface area contributed by atoms with Gasteiger partial charge in [0, 0.05) is 36.5 Å². The van der Waals surface area contributed by atoms with E-state index in [1.165, 1.54) is 12.3 Å². The standard InChI is InChI=1S/C21H22F3N3O2/c1-13(28)19(16-10-25-6-5-17(16)29-2)14-7-20(8-14)11-27(12-20)15-3-4-18(26-9-15)21(22,23)24/h3-6,9-10,14,19H,7-8,11-12H2,1-2H3. The first kappa shape index (κ1) is 19.7. The molecule has 1 aliphatic carbocycles. The quantitative estimate of drug-likeness (QED) is 0.750. The Balaban J connectivity index is 1.40. The van der Waals surface area contributed by atoms with E-state index in [1.807, 2.05) is 4.90 Å². The highest BCUT2D eigenvalue weighted by Crippen LogP contribution is 2.57. The molecule has 2 aromatic heterocycles. The van der Waals surface area contributed by atoms with Gasteiger partial charge in [-0.3, -0.25) is 9.78 Å². The van der Waals surface area contributed by atoms with Crippen LogP contribution in [0.1, 0.15) is 36.9 Å². The van der Waals surface area contributed by atoms with Gasteiger partial charge < -0.3 is 9.64 Å². The first-order chi connectivity index (χ1) is 13.7. The smallest absolute Gasteiger partial charge is 0.433 e. The summed E-state index contributed by atoms with van der Waals surface area (Å²) < 4.78 is 43.4. The maximum Gasteiger partial charge on any atom is 0.433 e. The van der Waals surface area contributed by atoms with E-state index >= 15 is 0 Å². The molecule has 0 amide bonds. The van der Waals surface area contributed by atoms with Crippen LogP contribution >= 0.6 is 0 Å². The minimum atomic E-state index is -4.43. The van der Waals surface area contributed by atoms with Gasteiger partial charge in [-0.05, 0) is 43.9 Å². The number of hydrogen-bond donors (Lipinski definition) is 0. The van der Waals surface area contributed by atoms with Crippen LogP contribution in [-0.4, -0.2) is 36.0 Å². The zero-order valence-electron chi connectivity index (χ0n) is 16.2. The van der Waals surface area contributed by atoms with Crippen molar-refractivity contribution in [2.75, 3.05) is 25.1 Å². The highest BCUT2D eigenvalue weighted by molar-refractivity contribution is 5.84. The maximum atomic E-state index is 12.7. The van der Waals surface area contributed by atoms with Gasteiger partial charge in [0.05, 0.1) is 24.9 Å². The highest BCUT2D eigenvalue weighted by Gasteiger charge is 2.55. The number of halogens is 3. The molecule has 1 saturated heterocycles. The van der Waals surface area contributed by atoms with Crippen molar-refractivity contribution in [3.8, 4) is 5.75 Å². The van der Waals surface area contributed by atoms with Gasteiger partial charge in [0.2, 0.25) is 0 Å². The van der Waals surface area contributed by atoms with Crippen molar-refractivity contribution in [1.29, 1.82) is 0 Å². The third-order valence-electron chi connectivity index (χ3n) is 6.12. The number of rotatable bonds is 5. The van der Waals surface area contributed by atoms with Crippen LogP contribution in [0, 0.1) is 11.3 Å². The molecule has 5 nitrogen and oxygen atoms in total. The molecule has 0 bridgehead atoms. The van der Waals surface area contributed by atoms with Crippen LogP contribution in [0.25, 0.3) is 0 Å². The molecule has 1 aliphatic heterocycles. The zero-order valence-corrected chi connectivity index (χ0v) is 16.2. The molecule has 4 rings (SSSR count). The molecule has 0 N–H and O–H groups in total. The Hall–Kier alpha value is -2.64. The number of anilines is 1. The summed E-state index contributed by atoms with van der Waals surface area (Å²) in [5.41, 5.74) is 0.765. The molecule has 29 heavy (non-hydrogen) atoms. The summed E-state index contributed by atoms with van der Waals surface area (Å²) in [6.07, 6.45) is 2.01. The molecule has 2 aromatic rings. The fraction of sp³-hybridized carbons (Fsp3) is 0.476. The fourth-order valence-corrected chi connectivity index (χ4v) is 4.85. The van der Waals surface area contributed by atoms with Crippen molar-refractivity contribution in [2.24, 2.45) is 11.3 Å². The molecule has 154 valence electrons. The van der Waals surface area contributed by atoms with Gasteiger partial charge >= 0.3 is 6.18 Å². The average Bonchev–Trinajstić information content (AvgIpc) is 2.61. The number of carbonyl (C=O) groups excluding carboxylic acids is 1. The van der Waals surface area contributed by atoms with Gasteiger partial charge in [-0.15, -0.1) is 0 Å². The second kappa shape index (κ2) is 7.00. The fourth-order valence-electron chi connectivity index (χ4n) is 4.85. The second-order valence-corrected chi connectivity index (χ2v) is 8.13. The third kappa shape index (κ3) is 3.56. The Morgan fingerprint density at radius 1 is 1.24 bits per heavy atom. The number of ether oxygens (including phenoxy) is 1. The van der Waals surface area contributed by atoms with Crippen LogP contribution in [0.2, 0.25) is 0 Å². The molecular formula is C21H22F3N3O2. The maximum absolute atomic E-state index is 12.7. The van der Waals surface area contributed by atoms with E-state index in [1.54, 1.807) is 32.5 Å². The number of methoxy groups -OCH3 is 1. The van der Waals surface area contributed by atoms with Crippen LogP contribution in [-0.2, 0) is 11.0 Å². The van der Waals surface area contributed by atoms with Gasteiger partial charge in [0.1, 0.15) is 17.2 Å². The van der Waals surface area contributed by atoms with Crippen molar-refractivity contribution in [3.63, 3.8) is 0 Å². The largest absolute Gasteiger partial charge is 0.496 e. The van der Waals surface area contributed by atoms with Crippen molar-refractivity contribution in [1.82, 2.24) is 9.97 Å². The van der Waals surface area contributed by atoms with E-state index in [0.717, 1.165) is 37.6 Å². The van der Waals surface area contributed by atoms with Crippen LogP contribution in [0.5, 0.6) is 5.75 Å². The minimum Gasteiger partial charge on any atom is -0.496 e. The van der Waals surface area contributed by atoms with Gasteiger partial charge in [-0.1, -0.05) is 0 Å². The number of alkyl halides is 3. The van der Waals surface area contributed by atoms with Crippen molar-refractivity contribution in [3.05, 3.63) is 48.0 Å². The first-order valence-corrected chi connectivity index (χ1v) is 9.49. The number of hydrogen-bond acceptors (Lipinski definition) is 5. The van der Waals surface area contributed by atoms with Crippen LogP contribution in [0.15, 0.2) is 36.8 Å². The molecule has 3 heterocycles. The first-order valence-electron chi connectivity index (χ1n) is 9.49. The summed E-state index contributed by atoms with van der Waals surface area (Å²) in [6.45, 7) is 3.14. The Labute approximate surface area is 166 Å². The summed E-state index contributed by atoms with van der Waals surface area (Å²) >= 11 is 0. The summed E-state index contributed by atoms with van der Waals surface area (Å²) in [4.78, 5) is 22.1. The molecule has 1 atom stereocenters. The van der Waals surface area contributed by atoms with E-state index in [2.05, 4.69) is 9.97 Å². The number of carbonyl (C=O) groups is 1. The molecular weight excluding hydrogens is 383 g/mol. The lowest BCUT2D eigenvalue weighted by atomic mass is 9.53. The molecule has 2 aliphatic rings. The van der Waals surface area contributed by atoms with E-state index in [4.69, 9.17) is 4.74 Å². The van der Waals surface area contributed by atoms with E-state index < -0.39 is 11.9 Å². The lowest BCUT2D eigenvalue weighted by molar-refractivity contribution is -0.141. The predicted octanol–water partition coefficient (Wildman–Crippen LogP) is 4.09. The van der Waals surface area contributed by atoms with E-state index in [-0.39, 0.29) is 23.0 Å². The predicted molar refractivity (Wildman–Crippen MR) is 101 cm³/mol. The Bertz CT molecular complexity index is 900. The van der Waals surface area contributed by atoms with Crippen molar-refractivity contribution >= 4 is 11.5 Å². The van der Waals surface area contributed by atoms with Gasteiger partial charge in [0.25, 0.3) is 0 Å². The molecule has 8 heteroatoms. The molecule has 1 saturated carbocycles. The summed E-state index contributed by atoms with van der Waals surface area (Å²) in [7, 11) is 1.58. The number of pyridine rings is 2. The number of nitrogens with zero attached hydrogens (tertiary/aromatic N) is 3. The number of ketones is 1. The van der Waals surface area contributed by atoms with Crippen LogP contribution in [0.4, 0.5) is 18.9 Å². The monoisotopic (exact) mass is 405 g/mol. The molecule has 1 spiro atoms. The zero-order chi connectivity index (χ0) is 20.8. The summed E-state index contributed by atoms with van der Waals surface area (Å²) in [5, 5.41) is 0. The van der Waals surface area contributed by atoms with Gasteiger partial charge in [0.15, 0.2) is 0 Å². The highest BCUT2D eigenvalue weighted by atomic mass is 19.4. The lowest BCUT2D eigenvalue weighted by Gasteiger charge is -2.61. The summed E-state index contributed by atoms with van der Waals surface area (Å²) in [6, 6.07) is 4.25. The number of Topliss-reactive ketones (excluding diaryl/α,β-unsaturated/α-hetero) is 1. The average molecular weight is 405 g/mol. The molecule has 2 fully saturated rings. The lowest BCUT2D eigenvalue weighted by Crippen LogP contribution is -2.63. The Morgan fingerprint density at radius 2 is 1.97 bits per heavy atom. The SMILES string of the molecule is COc1ccncc1C(C(C)=O)C1CC2(C1)CN(c1ccc(C(F)(F)F)nc1)C2. The number of aromatic nitrogens is 2. The normalized spacial score (nSPS) is 19.4. The minimum absolute atomic E-state index is 0.0965. The van der Waals surface area contributed by atoms with Gasteiger partial charge in [-0.25, -0.2) is 4.98 Å². The Kier molecular flexibility index (Phi) is 4.75. The van der Waals surface area contributed by atoms with E-state index in [0.29, 0.717) is 11.4 Å². The van der Waals surface area contributed by atoms with Gasteiger partial charge in [-0.2, -0.15) is 13.2 Å².